The summed E-state index contributed by atoms with van der Waals surface area (Å²) < 4.78 is 1.05. The summed E-state index contributed by atoms with van der Waals surface area (Å²) in [6, 6.07) is 2.22. The number of nitrogens with two attached hydrogens (primary N) is 1. The van der Waals surface area contributed by atoms with Crippen LogP contribution in [0, 0.1) is 6.92 Å². The minimum absolute atomic E-state index is 0.123. The number of thiophene rings is 2. The number of nitrogens with zero attached hydrogens (tertiary/aromatic N) is 2. The summed E-state index contributed by atoms with van der Waals surface area (Å²) in [5.74, 6) is 0.797. The van der Waals surface area contributed by atoms with E-state index in [2.05, 4.69) is 39.0 Å². The van der Waals surface area contributed by atoms with Crippen molar-refractivity contribution in [3.8, 4) is 0 Å². The lowest BCUT2D eigenvalue weighted by atomic mass is 10.1. The average molecular weight is 353 g/mol. The molecule has 0 fully saturated rings. The summed E-state index contributed by atoms with van der Waals surface area (Å²) >= 11 is 9.48. The number of hydrogen-bond donors (Lipinski definition) is 2. The molecule has 0 aromatic carbocycles. The van der Waals surface area contributed by atoms with Gasteiger partial charge in [0.15, 0.2) is 0 Å². The van der Waals surface area contributed by atoms with Crippen molar-refractivity contribution in [2.45, 2.75) is 32.9 Å². The van der Waals surface area contributed by atoms with Gasteiger partial charge in [-0.2, -0.15) is 16.3 Å². The third kappa shape index (κ3) is 3.25. The SMILES string of the molecule is Cc1c(C[C@H](C)N)sc2c(NCc3ccsc3)nc(Cl)nc12. The molecule has 3 heterocycles. The summed E-state index contributed by atoms with van der Waals surface area (Å²) in [5, 5.41) is 7.83. The first kappa shape index (κ1) is 15.7. The van der Waals surface area contributed by atoms with Crippen LogP contribution in [-0.4, -0.2) is 16.0 Å². The lowest BCUT2D eigenvalue weighted by Crippen LogP contribution is -2.17. The van der Waals surface area contributed by atoms with E-state index in [0.717, 1.165) is 34.6 Å². The van der Waals surface area contributed by atoms with Crippen LogP contribution in [0.2, 0.25) is 5.28 Å². The monoisotopic (exact) mass is 352 g/mol. The zero-order valence-electron chi connectivity index (χ0n) is 12.4. The average Bonchev–Trinajstić information content (AvgIpc) is 3.07. The fourth-order valence-electron chi connectivity index (χ4n) is 2.29. The van der Waals surface area contributed by atoms with E-state index in [1.54, 1.807) is 22.7 Å². The summed E-state index contributed by atoms with van der Waals surface area (Å²) in [7, 11) is 0. The van der Waals surface area contributed by atoms with Crippen molar-refractivity contribution in [2.75, 3.05) is 5.32 Å². The molecule has 1 atom stereocenters. The van der Waals surface area contributed by atoms with Crippen molar-refractivity contribution in [1.29, 1.82) is 0 Å². The molecule has 0 amide bonds. The molecule has 0 saturated carbocycles. The molecule has 0 aliphatic rings. The molecular weight excluding hydrogens is 336 g/mol. The second-order valence-corrected chi connectivity index (χ2v) is 7.56. The van der Waals surface area contributed by atoms with E-state index in [9.17, 15) is 0 Å². The molecular formula is C15H17ClN4S2. The van der Waals surface area contributed by atoms with Gasteiger partial charge < -0.3 is 11.1 Å². The number of nitrogens with one attached hydrogen (secondary N) is 1. The molecule has 0 spiro atoms. The summed E-state index contributed by atoms with van der Waals surface area (Å²) in [6.45, 7) is 4.81. The van der Waals surface area contributed by atoms with Gasteiger partial charge in [-0.1, -0.05) is 0 Å². The molecule has 3 N–H and O–H groups in total. The van der Waals surface area contributed by atoms with E-state index in [0.29, 0.717) is 0 Å². The number of anilines is 1. The molecule has 4 nitrogen and oxygen atoms in total. The highest BCUT2D eigenvalue weighted by molar-refractivity contribution is 7.19. The predicted octanol–water partition coefficient (Wildman–Crippen LogP) is 4.22. The van der Waals surface area contributed by atoms with Crippen LogP contribution in [0.3, 0.4) is 0 Å². The number of hydrogen-bond acceptors (Lipinski definition) is 6. The van der Waals surface area contributed by atoms with Crippen LogP contribution < -0.4 is 11.1 Å². The zero-order valence-corrected chi connectivity index (χ0v) is 14.8. The van der Waals surface area contributed by atoms with E-state index in [-0.39, 0.29) is 11.3 Å². The summed E-state index contributed by atoms with van der Waals surface area (Å²) in [5.41, 5.74) is 9.25. The van der Waals surface area contributed by atoms with Crippen molar-refractivity contribution in [2.24, 2.45) is 5.73 Å². The maximum atomic E-state index is 6.09. The molecule has 3 aromatic rings. The van der Waals surface area contributed by atoms with Crippen LogP contribution in [0.1, 0.15) is 22.9 Å². The van der Waals surface area contributed by atoms with E-state index in [4.69, 9.17) is 17.3 Å². The second-order valence-electron chi connectivity index (χ2n) is 5.34. The van der Waals surface area contributed by atoms with Crippen LogP contribution in [0.5, 0.6) is 0 Å². The quantitative estimate of drug-likeness (QED) is 0.675. The van der Waals surface area contributed by atoms with Gasteiger partial charge in [0.25, 0.3) is 0 Å². The van der Waals surface area contributed by atoms with Crippen LogP contribution in [0.4, 0.5) is 5.82 Å². The third-order valence-electron chi connectivity index (χ3n) is 3.38. The summed E-state index contributed by atoms with van der Waals surface area (Å²) in [6.07, 6.45) is 0.842. The molecule has 0 aliphatic carbocycles. The van der Waals surface area contributed by atoms with Gasteiger partial charge in [0.1, 0.15) is 5.82 Å². The summed E-state index contributed by atoms with van der Waals surface area (Å²) in [4.78, 5) is 10.0. The Kier molecular flexibility index (Phi) is 4.63. The molecule has 0 saturated heterocycles. The van der Waals surface area contributed by atoms with Gasteiger partial charge in [0, 0.05) is 17.5 Å². The van der Waals surface area contributed by atoms with Crippen molar-refractivity contribution < 1.29 is 0 Å². The molecule has 7 heteroatoms. The fourth-order valence-corrected chi connectivity index (χ4v) is 4.48. The van der Waals surface area contributed by atoms with Gasteiger partial charge in [-0.3, -0.25) is 0 Å². The first-order valence-electron chi connectivity index (χ1n) is 7.00. The minimum Gasteiger partial charge on any atom is -0.365 e. The van der Waals surface area contributed by atoms with E-state index in [1.165, 1.54) is 10.4 Å². The van der Waals surface area contributed by atoms with Crippen molar-refractivity contribution in [3.63, 3.8) is 0 Å². The van der Waals surface area contributed by atoms with Crippen molar-refractivity contribution in [1.82, 2.24) is 9.97 Å². The molecule has 22 heavy (non-hydrogen) atoms. The van der Waals surface area contributed by atoms with Crippen molar-refractivity contribution >= 4 is 50.3 Å². The van der Waals surface area contributed by atoms with Gasteiger partial charge in [0.2, 0.25) is 5.28 Å². The Balaban J connectivity index is 1.98. The Morgan fingerprint density at radius 1 is 1.41 bits per heavy atom. The van der Waals surface area contributed by atoms with Crippen LogP contribution in [-0.2, 0) is 13.0 Å². The van der Waals surface area contributed by atoms with Gasteiger partial charge >= 0.3 is 0 Å². The number of aromatic nitrogens is 2. The largest absolute Gasteiger partial charge is 0.365 e. The highest BCUT2D eigenvalue weighted by Gasteiger charge is 2.16. The molecule has 116 valence electrons. The topological polar surface area (TPSA) is 63.8 Å². The highest BCUT2D eigenvalue weighted by Crippen LogP contribution is 2.35. The first-order valence-corrected chi connectivity index (χ1v) is 9.14. The predicted molar refractivity (Wildman–Crippen MR) is 96.2 cm³/mol. The van der Waals surface area contributed by atoms with Gasteiger partial charge in [-0.05, 0) is 59.8 Å². The highest BCUT2D eigenvalue weighted by atomic mass is 35.5. The van der Waals surface area contributed by atoms with Gasteiger partial charge in [-0.15, -0.1) is 11.3 Å². The number of rotatable bonds is 5. The van der Waals surface area contributed by atoms with Crippen LogP contribution in [0.15, 0.2) is 16.8 Å². The molecule has 0 unspecified atom stereocenters. The van der Waals surface area contributed by atoms with E-state index >= 15 is 0 Å². The number of halogens is 1. The maximum Gasteiger partial charge on any atom is 0.224 e. The van der Waals surface area contributed by atoms with Crippen LogP contribution in [0.25, 0.3) is 10.2 Å². The van der Waals surface area contributed by atoms with E-state index in [1.807, 2.05) is 6.92 Å². The smallest absolute Gasteiger partial charge is 0.224 e. The Morgan fingerprint density at radius 2 is 2.23 bits per heavy atom. The lowest BCUT2D eigenvalue weighted by molar-refractivity contribution is 0.744. The first-order chi connectivity index (χ1) is 10.5. The zero-order chi connectivity index (χ0) is 15.7. The van der Waals surface area contributed by atoms with Crippen LogP contribution >= 0.6 is 34.3 Å². The molecule has 3 aromatic heterocycles. The normalized spacial score (nSPS) is 12.7. The lowest BCUT2D eigenvalue weighted by Gasteiger charge is -2.05. The Morgan fingerprint density at radius 3 is 2.91 bits per heavy atom. The molecule has 0 aliphatic heterocycles. The second kappa shape index (κ2) is 6.50. The maximum absolute atomic E-state index is 6.09. The molecule has 3 rings (SSSR count). The Bertz CT molecular complexity index is 781. The van der Waals surface area contributed by atoms with E-state index < -0.39 is 0 Å². The van der Waals surface area contributed by atoms with Gasteiger partial charge in [0.05, 0.1) is 10.2 Å². The molecule has 0 radical (unpaired) electrons. The number of aryl methyl sites for hydroxylation is 1. The standard InChI is InChI=1S/C15H17ClN4S2/c1-8(17)5-11-9(2)12-13(22-11)14(20-15(16)19-12)18-6-10-3-4-21-7-10/h3-4,7-8H,5-6,17H2,1-2H3,(H,18,19,20)/t8-/m0/s1. The number of fused-ring (bicyclic) bond motifs is 1. The Labute approximate surface area is 142 Å². The Hall–Kier alpha value is -1.21. The molecule has 0 bridgehead atoms. The third-order valence-corrected chi connectivity index (χ3v) is 5.60. The minimum atomic E-state index is 0.123. The van der Waals surface area contributed by atoms with Gasteiger partial charge in [-0.25, -0.2) is 4.98 Å². The van der Waals surface area contributed by atoms with Crippen molar-refractivity contribution in [3.05, 3.63) is 38.1 Å². The fraction of sp³-hybridized carbons (Fsp3) is 0.333.